The van der Waals surface area contributed by atoms with E-state index in [0.717, 1.165) is 11.3 Å². The van der Waals surface area contributed by atoms with Crippen LogP contribution < -0.4 is 16.2 Å². The maximum Gasteiger partial charge on any atom is 0.219 e. The van der Waals surface area contributed by atoms with Gasteiger partial charge >= 0.3 is 0 Å². The van der Waals surface area contributed by atoms with Gasteiger partial charge in [-0.3, -0.25) is 4.79 Å². The maximum absolute atomic E-state index is 10.7. The first-order valence-corrected chi connectivity index (χ1v) is 5.29. The summed E-state index contributed by atoms with van der Waals surface area (Å²) in [7, 11) is 0. The Labute approximate surface area is 95.6 Å². The Hall–Kier alpha value is -1.55. The summed E-state index contributed by atoms with van der Waals surface area (Å²) in [5.74, 6) is 0.403. The van der Waals surface area contributed by atoms with Crippen molar-refractivity contribution in [1.29, 1.82) is 0 Å². The highest BCUT2D eigenvalue weighted by atomic mass is 16.5. The van der Waals surface area contributed by atoms with Crippen molar-refractivity contribution in [2.45, 2.75) is 32.4 Å². The van der Waals surface area contributed by atoms with Crippen LogP contribution in [0.4, 0.5) is 0 Å². The van der Waals surface area contributed by atoms with E-state index < -0.39 is 5.91 Å². The summed E-state index contributed by atoms with van der Waals surface area (Å²) >= 11 is 0. The summed E-state index contributed by atoms with van der Waals surface area (Å²) in [6.45, 7) is 3.93. The minimum atomic E-state index is -0.394. The molecule has 0 saturated heterocycles. The van der Waals surface area contributed by atoms with Gasteiger partial charge in [0.05, 0.1) is 6.10 Å². The van der Waals surface area contributed by atoms with Crippen molar-refractivity contribution < 1.29 is 9.53 Å². The molecule has 1 aromatic rings. The second-order valence-electron chi connectivity index (χ2n) is 4.01. The number of hydrogen-bond donors (Lipinski definition) is 2. The molecule has 0 bridgehead atoms. The summed E-state index contributed by atoms with van der Waals surface area (Å²) in [5.41, 5.74) is 11.8. The zero-order valence-electron chi connectivity index (χ0n) is 9.64. The maximum atomic E-state index is 10.7. The van der Waals surface area contributed by atoms with Crippen LogP contribution in [0.25, 0.3) is 0 Å². The van der Waals surface area contributed by atoms with Gasteiger partial charge in [-0.05, 0) is 31.5 Å². The zero-order chi connectivity index (χ0) is 12.1. The standard InChI is InChI=1S/C12H18N2O2/c1-8(2)16-10-5-3-9(4-6-10)11(13)7-12(14)15/h3-6,8,11H,7,13H2,1-2H3,(H2,14,15). The number of nitrogens with two attached hydrogens (primary N) is 2. The molecular weight excluding hydrogens is 204 g/mol. The highest BCUT2D eigenvalue weighted by molar-refractivity contribution is 5.74. The number of carbonyl (C=O) groups is 1. The predicted molar refractivity (Wildman–Crippen MR) is 62.9 cm³/mol. The molecule has 0 fully saturated rings. The third-order valence-corrected chi connectivity index (χ3v) is 2.10. The molecule has 0 saturated carbocycles. The van der Waals surface area contributed by atoms with E-state index >= 15 is 0 Å². The van der Waals surface area contributed by atoms with Crippen LogP contribution in [0.3, 0.4) is 0 Å². The number of hydrogen-bond acceptors (Lipinski definition) is 3. The van der Waals surface area contributed by atoms with E-state index in [4.69, 9.17) is 16.2 Å². The van der Waals surface area contributed by atoms with Crippen molar-refractivity contribution in [2.24, 2.45) is 11.5 Å². The molecule has 0 radical (unpaired) electrons. The molecule has 1 unspecified atom stereocenters. The predicted octanol–water partition coefficient (Wildman–Crippen LogP) is 1.35. The van der Waals surface area contributed by atoms with Crippen LogP contribution in [0.1, 0.15) is 31.9 Å². The molecular formula is C12H18N2O2. The van der Waals surface area contributed by atoms with Gasteiger partial charge in [0.1, 0.15) is 5.75 Å². The fourth-order valence-corrected chi connectivity index (χ4v) is 1.40. The van der Waals surface area contributed by atoms with E-state index in [1.54, 1.807) is 0 Å². The van der Waals surface area contributed by atoms with Gasteiger partial charge in [-0.15, -0.1) is 0 Å². The minimum Gasteiger partial charge on any atom is -0.491 e. The summed E-state index contributed by atoms with van der Waals surface area (Å²) in [6, 6.07) is 7.05. The molecule has 0 aliphatic carbocycles. The molecule has 1 amide bonds. The van der Waals surface area contributed by atoms with Crippen molar-refractivity contribution in [3.63, 3.8) is 0 Å². The lowest BCUT2D eigenvalue weighted by Crippen LogP contribution is -2.20. The Bertz CT molecular complexity index is 347. The van der Waals surface area contributed by atoms with Crippen molar-refractivity contribution in [3.05, 3.63) is 29.8 Å². The lowest BCUT2D eigenvalue weighted by Gasteiger charge is -2.12. The van der Waals surface area contributed by atoms with E-state index in [1.165, 1.54) is 0 Å². The van der Waals surface area contributed by atoms with Crippen molar-refractivity contribution >= 4 is 5.91 Å². The zero-order valence-corrected chi connectivity index (χ0v) is 9.64. The molecule has 1 aromatic carbocycles. The van der Waals surface area contributed by atoms with Gasteiger partial charge in [-0.1, -0.05) is 12.1 Å². The highest BCUT2D eigenvalue weighted by Gasteiger charge is 2.09. The molecule has 0 heterocycles. The lowest BCUT2D eigenvalue weighted by molar-refractivity contribution is -0.118. The third kappa shape index (κ3) is 3.90. The average molecular weight is 222 g/mol. The fraction of sp³-hybridized carbons (Fsp3) is 0.417. The van der Waals surface area contributed by atoms with Crippen molar-refractivity contribution in [3.8, 4) is 5.75 Å². The number of rotatable bonds is 5. The topological polar surface area (TPSA) is 78.3 Å². The number of benzene rings is 1. The van der Waals surface area contributed by atoms with Gasteiger partial charge in [0.2, 0.25) is 5.91 Å². The van der Waals surface area contributed by atoms with E-state index in [-0.39, 0.29) is 18.6 Å². The molecule has 0 spiro atoms. The summed E-state index contributed by atoms with van der Waals surface area (Å²) in [4.78, 5) is 10.7. The number of amides is 1. The van der Waals surface area contributed by atoms with Crippen molar-refractivity contribution in [2.75, 3.05) is 0 Å². The smallest absolute Gasteiger partial charge is 0.219 e. The number of primary amides is 1. The van der Waals surface area contributed by atoms with Gasteiger partial charge < -0.3 is 16.2 Å². The van der Waals surface area contributed by atoms with Gasteiger partial charge in [0.15, 0.2) is 0 Å². The summed E-state index contributed by atoms with van der Waals surface area (Å²) in [6.07, 6.45) is 0.301. The van der Waals surface area contributed by atoms with E-state index in [0.29, 0.717) is 0 Å². The third-order valence-electron chi connectivity index (χ3n) is 2.10. The minimum absolute atomic E-state index is 0.144. The first-order chi connectivity index (χ1) is 7.49. The van der Waals surface area contributed by atoms with E-state index in [9.17, 15) is 4.79 Å². The first kappa shape index (κ1) is 12.5. The quantitative estimate of drug-likeness (QED) is 0.789. The Morgan fingerprint density at radius 3 is 2.31 bits per heavy atom. The van der Waals surface area contributed by atoms with Gasteiger partial charge in [0.25, 0.3) is 0 Å². The van der Waals surface area contributed by atoms with Crippen LogP contribution in [-0.4, -0.2) is 12.0 Å². The SMILES string of the molecule is CC(C)Oc1ccc(C(N)CC(N)=O)cc1. The highest BCUT2D eigenvalue weighted by Crippen LogP contribution is 2.19. The van der Waals surface area contributed by atoms with Crippen LogP contribution in [0.5, 0.6) is 5.75 Å². The largest absolute Gasteiger partial charge is 0.491 e. The van der Waals surface area contributed by atoms with Crippen LogP contribution in [0.15, 0.2) is 24.3 Å². The molecule has 4 N–H and O–H groups in total. The molecule has 88 valence electrons. The number of ether oxygens (including phenoxy) is 1. The summed E-state index contributed by atoms with van der Waals surface area (Å²) in [5, 5.41) is 0. The number of carbonyl (C=O) groups excluding carboxylic acids is 1. The normalized spacial score (nSPS) is 12.5. The van der Waals surface area contributed by atoms with E-state index in [2.05, 4.69) is 0 Å². The molecule has 4 heteroatoms. The van der Waals surface area contributed by atoms with E-state index in [1.807, 2.05) is 38.1 Å². The van der Waals surface area contributed by atoms with Gasteiger partial charge in [0, 0.05) is 12.5 Å². The molecule has 0 aliphatic rings. The van der Waals surface area contributed by atoms with Crippen LogP contribution in [-0.2, 0) is 4.79 Å². The molecule has 16 heavy (non-hydrogen) atoms. The molecule has 1 atom stereocenters. The van der Waals surface area contributed by atoms with Crippen LogP contribution >= 0.6 is 0 Å². The fourth-order valence-electron chi connectivity index (χ4n) is 1.40. The molecule has 1 rings (SSSR count). The first-order valence-electron chi connectivity index (χ1n) is 5.29. The Morgan fingerprint density at radius 2 is 1.88 bits per heavy atom. The molecule has 0 aromatic heterocycles. The Kier molecular flexibility index (Phi) is 4.31. The van der Waals surface area contributed by atoms with Gasteiger partial charge in [-0.25, -0.2) is 0 Å². The van der Waals surface area contributed by atoms with Crippen molar-refractivity contribution in [1.82, 2.24) is 0 Å². The van der Waals surface area contributed by atoms with Crippen LogP contribution in [0.2, 0.25) is 0 Å². The second kappa shape index (κ2) is 5.51. The van der Waals surface area contributed by atoms with Gasteiger partial charge in [-0.2, -0.15) is 0 Å². The Morgan fingerprint density at radius 1 is 1.31 bits per heavy atom. The average Bonchev–Trinajstić information content (AvgIpc) is 2.16. The second-order valence-corrected chi connectivity index (χ2v) is 4.01. The Balaban J connectivity index is 2.66. The summed E-state index contributed by atoms with van der Waals surface area (Å²) < 4.78 is 5.50. The molecule has 4 nitrogen and oxygen atoms in total. The molecule has 0 aliphatic heterocycles. The lowest BCUT2D eigenvalue weighted by atomic mass is 10.0. The van der Waals surface area contributed by atoms with Crippen LogP contribution in [0, 0.1) is 0 Å². The monoisotopic (exact) mass is 222 g/mol.